The molecule has 1 heterocycles. The molecule has 0 unspecified atom stereocenters. The van der Waals surface area contributed by atoms with Gasteiger partial charge in [0, 0.05) is 11.4 Å². The van der Waals surface area contributed by atoms with E-state index in [-0.39, 0.29) is 18.3 Å². The summed E-state index contributed by atoms with van der Waals surface area (Å²) in [6, 6.07) is 7.07. The van der Waals surface area contributed by atoms with Gasteiger partial charge in [-0.15, -0.1) is 0 Å². The van der Waals surface area contributed by atoms with Crippen molar-refractivity contribution in [3.63, 3.8) is 0 Å². The maximum Gasteiger partial charge on any atom is 0.323 e. The molecule has 0 atom stereocenters. The number of aryl methyl sites for hydroxylation is 1. The van der Waals surface area contributed by atoms with E-state index in [1.54, 1.807) is 26.0 Å². The van der Waals surface area contributed by atoms with Crippen molar-refractivity contribution in [3.8, 4) is 0 Å². The lowest BCUT2D eigenvalue weighted by Crippen LogP contribution is -2.40. The average Bonchev–Trinajstić information content (AvgIpc) is 2.77. The van der Waals surface area contributed by atoms with Gasteiger partial charge in [0.15, 0.2) is 5.76 Å². The van der Waals surface area contributed by atoms with E-state index in [1.165, 1.54) is 4.90 Å². The Morgan fingerprint density at radius 1 is 1.30 bits per heavy atom. The van der Waals surface area contributed by atoms with E-state index in [0.29, 0.717) is 5.58 Å². The van der Waals surface area contributed by atoms with Gasteiger partial charge in [0.2, 0.25) is 0 Å². The quantitative estimate of drug-likeness (QED) is 0.931. The maximum atomic E-state index is 12.3. The Hall–Kier alpha value is -2.30. The van der Waals surface area contributed by atoms with Gasteiger partial charge in [-0.1, -0.05) is 11.6 Å². The third kappa shape index (κ3) is 2.82. The number of nitrogens with zero attached hydrogens (tertiary/aromatic N) is 1. The van der Waals surface area contributed by atoms with Crippen LogP contribution in [-0.2, 0) is 4.79 Å². The van der Waals surface area contributed by atoms with E-state index in [2.05, 4.69) is 0 Å². The molecule has 20 heavy (non-hydrogen) atoms. The number of rotatable bonds is 4. The van der Waals surface area contributed by atoms with Gasteiger partial charge in [-0.2, -0.15) is 0 Å². The van der Waals surface area contributed by atoms with Crippen LogP contribution in [0, 0.1) is 6.92 Å². The number of amides is 1. The zero-order chi connectivity index (χ0) is 14.9. The van der Waals surface area contributed by atoms with Crippen LogP contribution in [0.5, 0.6) is 0 Å². The summed E-state index contributed by atoms with van der Waals surface area (Å²) in [6.45, 7) is 5.16. The molecule has 0 saturated carbocycles. The van der Waals surface area contributed by atoms with E-state index in [0.717, 1.165) is 10.9 Å². The molecule has 2 rings (SSSR count). The third-order valence-corrected chi connectivity index (χ3v) is 3.07. The van der Waals surface area contributed by atoms with Gasteiger partial charge in [-0.25, -0.2) is 0 Å². The highest BCUT2D eigenvalue weighted by Crippen LogP contribution is 2.22. The van der Waals surface area contributed by atoms with Crippen molar-refractivity contribution in [2.24, 2.45) is 0 Å². The molecule has 5 heteroatoms. The average molecular weight is 275 g/mol. The molecule has 0 aliphatic rings. The maximum absolute atomic E-state index is 12.3. The van der Waals surface area contributed by atoms with E-state index < -0.39 is 11.9 Å². The lowest BCUT2D eigenvalue weighted by molar-refractivity contribution is -0.138. The second-order valence-electron chi connectivity index (χ2n) is 5.07. The van der Waals surface area contributed by atoms with Gasteiger partial charge in [0.1, 0.15) is 12.1 Å². The smallest absolute Gasteiger partial charge is 0.323 e. The molecule has 1 N–H and O–H groups in total. The van der Waals surface area contributed by atoms with Gasteiger partial charge >= 0.3 is 5.97 Å². The summed E-state index contributed by atoms with van der Waals surface area (Å²) in [7, 11) is 0. The van der Waals surface area contributed by atoms with E-state index in [9.17, 15) is 9.59 Å². The number of carbonyl (C=O) groups is 2. The van der Waals surface area contributed by atoms with Crippen LogP contribution in [0.2, 0.25) is 0 Å². The first-order chi connectivity index (χ1) is 9.38. The number of fused-ring (bicyclic) bond motifs is 1. The molecule has 0 radical (unpaired) electrons. The summed E-state index contributed by atoms with van der Waals surface area (Å²) in [5, 5.41) is 9.72. The van der Waals surface area contributed by atoms with Gasteiger partial charge in [0.05, 0.1) is 0 Å². The van der Waals surface area contributed by atoms with Crippen LogP contribution in [-0.4, -0.2) is 34.5 Å². The standard InChI is InChI=1S/C15H17NO4/c1-9(2)16(8-14(17)18)15(19)13-7-11-6-10(3)4-5-12(11)20-13/h4-7,9H,8H2,1-3H3,(H,17,18). The van der Waals surface area contributed by atoms with Crippen molar-refractivity contribution in [2.75, 3.05) is 6.54 Å². The molecule has 0 bridgehead atoms. The molecule has 1 amide bonds. The van der Waals surface area contributed by atoms with Crippen LogP contribution < -0.4 is 0 Å². The Labute approximate surface area is 116 Å². The van der Waals surface area contributed by atoms with Crippen molar-refractivity contribution < 1.29 is 19.1 Å². The molecule has 1 aromatic carbocycles. The van der Waals surface area contributed by atoms with Gasteiger partial charge in [0.25, 0.3) is 5.91 Å². The Morgan fingerprint density at radius 2 is 2.00 bits per heavy atom. The second kappa shape index (κ2) is 5.36. The Bertz CT molecular complexity index is 657. The highest BCUT2D eigenvalue weighted by Gasteiger charge is 2.24. The van der Waals surface area contributed by atoms with Gasteiger partial charge < -0.3 is 14.4 Å². The van der Waals surface area contributed by atoms with Crippen molar-refractivity contribution in [1.29, 1.82) is 0 Å². The highest BCUT2D eigenvalue weighted by molar-refractivity contribution is 5.97. The number of carbonyl (C=O) groups excluding carboxylic acids is 1. The predicted molar refractivity (Wildman–Crippen MR) is 74.8 cm³/mol. The van der Waals surface area contributed by atoms with Crippen LogP contribution >= 0.6 is 0 Å². The van der Waals surface area contributed by atoms with Crippen molar-refractivity contribution in [2.45, 2.75) is 26.8 Å². The Kier molecular flexibility index (Phi) is 3.79. The number of hydrogen-bond donors (Lipinski definition) is 1. The molecule has 106 valence electrons. The largest absolute Gasteiger partial charge is 0.480 e. The molecule has 0 aliphatic carbocycles. The summed E-state index contributed by atoms with van der Waals surface area (Å²) in [6.07, 6.45) is 0. The van der Waals surface area contributed by atoms with Crippen LogP contribution in [0.3, 0.4) is 0 Å². The number of carboxylic acid groups (broad SMARTS) is 1. The van der Waals surface area contributed by atoms with Crippen molar-refractivity contribution in [1.82, 2.24) is 4.90 Å². The molecular weight excluding hydrogens is 258 g/mol. The van der Waals surface area contributed by atoms with Crippen LogP contribution in [0.1, 0.15) is 30.0 Å². The van der Waals surface area contributed by atoms with Crippen molar-refractivity contribution >= 4 is 22.8 Å². The summed E-state index contributed by atoms with van der Waals surface area (Å²) in [5.41, 5.74) is 1.70. The third-order valence-electron chi connectivity index (χ3n) is 3.07. The number of carboxylic acids is 1. The van der Waals surface area contributed by atoms with E-state index >= 15 is 0 Å². The van der Waals surface area contributed by atoms with Crippen LogP contribution in [0.15, 0.2) is 28.7 Å². The minimum Gasteiger partial charge on any atom is -0.480 e. The molecule has 0 fully saturated rings. The number of furan rings is 1. The molecule has 0 spiro atoms. The fourth-order valence-corrected chi connectivity index (χ4v) is 2.04. The molecule has 5 nitrogen and oxygen atoms in total. The number of benzene rings is 1. The van der Waals surface area contributed by atoms with Crippen LogP contribution in [0.4, 0.5) is 0 Å². The SMILES string of the molecule is Cc1ccc2oc(C(=O)N(CC(=O)O)C(C)C)cc2c1. The normalized spacial score (nSPS) is 11.0. The second-order valence-corrected chi connectivity index (χ2v) is 5.07. The first kappa shape index (κ1) is 14.1. The zero-order valence-electron chi connectivity index (χ0n) is 11.7. The van der Waals surface area contributed by atoms with E-state index in [1.807, 2.05) is 19.1 Å². The molecule has 2 aromatic rings. The topological polar surface area (TPSA) is 70.8 Å². The predicted octanol–water partition coefficient (Wildman–Crippen LogP) is 2.68. The lowest BCUT2D eigenvalue weighted by Gasteiger charge is -2.23. The molecular formula is C15H17NO4. The number of hydrogen-bond acceptors (Lipinski definition) is 3. The highest BCUT2D eigenvalue weighted by atomic mass is 16.4. The van der Waals surface area contributed by atoms with Gasteiger partial charge in [-0.3, -0.25) is 9.59 Å². The summed E-state index contributed by atoms with van der Waals surface area (Å²) in [5.74, 6) is -1.28. The summed E-state index contributed by atoms with van der Waals surface area (Å²) in [4.78, 5) is 24.5. The van der Waals surface area contributed by atoms with Gasteiger partial charge in [-0.05, 0) is 39.0 Å². The molecule has 0 saturated heterocycles. The molecule has 1 aromatic heterocycles. The fourth-order valence-electron chi connectivity index (χ4n) is 2.04. The zero-order valence-corrected chi connectivity index (χ0v) is 11.7. The summed E-state index contributed by atoms with van der Waals surface area (Å²) < 4.78 is 5.51. The Morgan fingerprint density at radius 3 is 2.60 bits per heavy atom. The van der Waals surface area contributed by atoms with Crippen molar-refractivity contribution in [3.05, 3.63) is 35.6 Å². The minimum absolute atomic E-state index is 0.167. The molecule has 0 aliphatic heterocycles. The first-order valence-corrected chi connectivity index (χ1v) is 6.41. The lowest BCUT2D eigenvalue weighted by atomic mass is 10.2. The Balaban J connectivity index is 2.35. The number of aliphatic carboxylic acids is 1. The fraction of sp³-hybridized carbons (Fsp3) is 0.333. The minimum atomic E-state index is -1.04. The van der Waals surface area contributed by atoms with E-state index in [4.69, 9.17) is 9.52 Å². The first-order valence-electron chi connectivity index (χ1n) is 6.41. The summed E-state index contributed by atoms with van der Waals surface area (Å²) >= 11 is 0. The van der Waals surface area contributed by atoms with Crippen LogP contribution in [0.25, 0.3) is 11.0 Å². The monoisotopic (exact) mass is 275 g/mol.